The van der Waals surface area contributed by atoms with Gasteiger partial charge in [0.15, 0.2) is 5.69 Å². The molecule has 0 spiro atoms. The van der Waals surface area contributed by atoms with Crippen LogP contribution in [0.15, 0.2) is 18.3 Å². The van der Waals surface area contributed by atoms with E-state index in [1.807, 2.05) is 0 Å². The van der Waals surface area contributed by atoms with Gasteiger partial charge in [-0.2, -0.15) is 0 Å². The molecule has 1 atom stereocenters. The van der Waals surface area contributed by atoms with Gasteiger partial charge in [-0.15, -0.1) is 0 Å². The lowest BCUT2D eigenvalue weighted by molar-refractivity contribution is 0.0670. The zero-order chi connectivity index (χ0) is 14.4. The predicted octanol–water partition coefficient (Wildman–Crippen LogP) is 0.628. The summed E-state index contributed by atoms with van der Waals surface area (Å²) < 4.78 is 5.06. The Morgan fingerprint density at radius 3 is 3.15 bits per heavy atom. The monoisotopic (exact) mass is 279 g/mol. The molecule has 0 saturated carbocycles. The summed E-state index contributed by atoms with van der Waals surface area (Å²) in [5, 5.41) is 13.1. The van der Waals surface area contributed by atoms with E-state index in [-0.39, 0.29) is 17.4 Å². The zero-order valence-corrected chi connectivity index (χ0v) is 11.7. The zero-order valence-electron chi connectivity index (χ0n) is 11.7. The predicted molar refractivity (Wildman–Crippen MR) is 74.7 cm³/mol. The molecule has 2 heterocycles. The minimum absolute atomic E-state index is 0.0840. The molecule has 1 aliphatic rings. The Balaban J connectivity index is 2.08. The highest BCUT2D eigenvalue weighted by molar-refractivity contribution is 5.94. The number of ether oxygens (including phenoxy) is 1. The fourth-order valence-corrected chi connectivity index (χ4v) is 2.37. The molecule has 110 valence electrons. The molecule has 1 saturated heterocycles. The normalized spacial score (nSPS) is 18.1. The van der Waals surface area contributed by atoms with Crippen LogP contribution in [0.4, 0.5) is 0 Å². The molecule has 0 bridgehead atoms. The Morgan fingerprint density at radius 2 is 2.50 bits per heavy atom. The summed E-state index contributed by atoms with van der Waals surface area (Å²) in [5.74, 6) is -0.340. The molecule has 1 fully saturated rings. The summed E-state index contributed by atoms with van der Waals surface area (Å²) in [6.07, 6.45) is 3.70. The van der Waals surface area contributed by atoms with Crippen LogP contribution in [0.1, 0.15) is 23.3 Å². The van der Waals surface area contributed by atoms with Gasteiger partial charge in [-0.05, 0) is 31.5 Å². The third-order valence-electron chi connectivity index (χ3n) is 3.44. The molecule has 0 aliphatic carbocycles. The van der Waals surface area contributed by atoms with Gasteiger partial charge in [-0.1, -0.05) is 0 Å². The third kappa shape index (κ3) is 3.68. The van der Waals surface area contributed by atoms with Gasteiger partial charge in [0.05, 0.1) is 6.61 Å². The van der Waals surface area contributed by atoms with Gasteiger partial charge in [-0.25, -0.2) is 4.98 Å². The first kappa shape index (κ1) is 14.7. The Hall–Kier alpha value is -1.66. The van der Waals surface area contributed by atoms with E-state index in [4.69, 9.17) is 4.74 Å². The van der Waals surface area contributed by atoms with Crippen molar-refractivity contribution in [3.8, 4) is 5.75 Å². The van der Waals surface area contributed by atoms with Crippen LogP contribution in [0.3, 0.4) is 0 Å². The molecule has 6 heteroatoms. The van der Waals surface area contributed by atoms with E-state index >= 15 is 0 Å². The standard InChI is InChI=1S/C14H21N3O3/c1-20-9-8-17(10-11-4-2-6-15-11)14(19)13-12(18)5-3-7-16-13/h3,5,7,11,15,18H,2,4,6,8-10H2,1H3. The molecule has 1 aliphatic heterocycles. The van der Waals surface area contributed by atoms with Crippen molar-refractivity contribution >= 4 is 5.91 Å². The SMILES string of the molecule is COCCN(CC1CCCN1)C(=O)c1ncccc1O. The van der Waals surface area contributed by atoms with Crippen LogP contribution in [-0.4, -0.2) is 60.3 Å². The number of hydrogen-bond acceptors (Lipinski definition) is 5. The van der Waals surface area contributed by atoms with E-state index < -0.39 is 0 Å². The number of nitrogens with one attached hydrogen (secondary N) is 1. The fraction of sp³-hybridized carbons (Fsp3) is 0.571. The maximum atomic E-state index is 12.5. The number of methoxy groups -OCH3 is 1. The topological polar surface area (TPSA) is 74.7 Å². The number of carbonyl (C=O) groups excluding carboxylic acids is 1. The maximum absolute atomic E-state index is 12.5. The Kier molecular flexibility index (Phi) is 5.31. The first-order valence-corrected chi connectivity index (χ1v) is 6.88. The van der Waals surface area contributed by atoms with Crippen molar-refractivity contribution in [1.82, 2.24) is 15.2 Å². The molecule has 1 unspecified atom stereocenters. The minimum atomic E-state index is -0.256. The Morgan fingerprint density at radius 1 is 1.65 bits per heavy atom. The minimum Gasteiger partial charge on any atom is -0.505 e. The van der Waals surface area contributed by atoms with E-state index in [0.29, 0.717) is 25.7 Å². The highest BCUT2D eigenvalue weighted by atomic mass is 16.5. The van der Waals surface area contributed by atoms with Crippen molar-refractivity contribution < 1.29 is 14.6 Å². The van der Waals surface area contributed by atoms with Crippen LogP contribution in [0.2, 0.25) is 0 Å². The van der Waals surface area contributed by atoms with Crippen molar-refractivity contribution in [3.05, 3.63) is 24.0 Å². The van der Waals surface area contributed by atoms with Crippen molar-refractivity contribution in [2.75, 3.05) is 33.4 Å². The van der Waals surface area contributed by atoms with Crippen LogP contribution >= 0.6 is 0 Å². The van der Waals surface area contributed by atoms with Crippen LogP contribution in [0.5, 0.6) is 5.75 Å². The molecular weight excluding hydrogens is 258 g/mol. The summed E-state index contributed by atoms with van der Waals surface area (Å²) in [4.78, 5) is 18.1. The van der Waals surface area contributed by atoms with Crippen molar-refractivity contribution in [2.24, 2.45) is 0 Å². The molecular formula is C14H21N3O3. The molecule has 0 aromatic carbocycles. The van der Waals surface area contributed by atoms with E-state index in [0.717, 1.165) is 19.4 Å². The fourth-order valence-electron chi connectivity index (χ4n) is 2.37. The number of aromatic hydroxyl groups is 1. The number of nitrogens with zero attached hydrogens (tertiary/aromatic N) is 2. The highest BCUT2D eigenvalue weighted by Gasteiger charge is 2.24. The molecule has 2 N–H and O–H groups in total. The number of aromatic nitrogens is 1. The number of hydrogen-bond donors (Lipinski definition) is 2. The van der Waals surface area contributed by atoms with Gasteiger partial charge >= 0.3 is 0 Å². The van der Waals surface area contributed by atoms with E-state index in [1.54, 1.807) is 18.1 Å². The number of carbonyl (C=O) groups is 1. The molecule has 1 aromatic heterocycles. The first-order chi connectivity index (χ1) is 9.72. The van der Waals surface area contributed by atoms with E-state index in [2.05, 4.69) is 10.3 Å². The van der Waals surface area contributed by atoms with E-state index in [9.17, 15) is 9.90 Å². The summed E-state index contributed by atoms with van der Waals surface area (Å²) in [7, 11) is 1.61. The molecule has 6 nitrogen and oxygen atoms in total. The van der Waals surface area contributed by atoms with Crippen LogP contribution in [0, 0.1) is 0 Å². The number of rotatable bonds is 6. The van der Waals surface area contributed by atoms with Crippen LogP contribution in [0.25, 0.3) is 0 Å². The quantitative estimate of drug-likeness (QED) is 0.799. The second-order valence-electron chi connectivity index (χ2n) is 4.91. The van der Waals surface area contributed by atoms with E-state index in [1.165, 1.54) is 12.3 Å². The average molecular weight is 279 g/mol. The van der Waals surface area contributed by atoms with Gasteiger partial charge in [0.1, 0.15) is 5.75 Å². The van der Waals surface area contributed by atoms with Crippen molar-refractivity contribution in [1.29, 1.82) is 0 Å². The summed E-state index contributed by atoms with van der Waals surface area (Å²) in [5.41, 5.74) is 0.0987. The lowest BCUT2D eigenvalue weighted by atomic mass is 10.2. The maximum Gasteiger partial charge on any atom is 0.276 e. The van der Waals surface area contributed by atoms with Gasteiger partial charge in [0, 0.05) is 32.4 Å². The Bertz CT molecular complexity index is 447. The lowest BCUT2D eigenvalue weighted by Crippen LogP contribution is -2.43. The van der Waals surface area contributed by atoms with Gasteiger partial charge < -0.3 is 20.1 Å². The second kappa shape index (κ2) is 7.21. The average Bonchev–Trinajstić information content (AvgIpc) is 2.96. The molecule has 2 rings (SSSR count). The van der Waals surface area contributed by atoms with Crippen molar-refractivity contribution in [3.63, 3.8) is 0 Å². The summed E-state index contributed by atoms with van der Waals surface area (Å²) in [6.45, 7) is 2.56. The largest absolute Gasteiger partial charge is 0.505 e. The van der Waals surface area contributed by atoms with Crippen molar-refractivity contribution in [2.45, 2.75) is 18.9 Å². The van der Waals surface area contributed by atoms with Crippen LogP contribution in [-0.2, 0) is 4.74 Å². The lowest BCUT2D eigenvalue weighted by Gasteiger charge is -2.25. The summed E-state index contributed by atoms with van der Waals surface area (Å²) in [6, 6.07) is 3.38. The smallest absolute Gasteiger partial charge is 0.276 e. The number of amides is 1. The van der Waals surface area contributed by atoms with Gasteiger partial charge in [-0.3, -0.25) is 4.79 Å². The Labute approximate surface area is 118 Å². The number of pyridine rings is 1. The molecule has 20 heavy (non-hydrogen) atoms. The van der Waals surface area contributed by atoms with Crippen LogP contribution < -0.4 is 5.32 Å². The van der Waals surface area contributed by atoms with Gasteiger partial charge in [0.25, 0.3) is 5.91 Å². The summed E-state index contributed by atoms with van der Waals surface area (Å²) >= 11 is 0. The third-order valence-corrected chi connectivity index (χ3v) is 3.44. The highest BCUT2D eigenvalue weighted by Crippen LogP contribution is 2.16. The van der Waals surface area contributed by atoms with Gasteiger partial charge in [0.2, 0.25) is 0 Å². The molecule has 0 radical (unpaired) electrons. The molecule has 1 aromatic rings. The molecule has 1 amide bonds. The first-order valence-electron chi connectivity index (χ1n) is 6.88. The second-order valence-corrected chi connectivity index (χ2v) is 4.91.